The summed E-state index contributed by atoms with van der Waals surface area (Å²) in [7, 11) is 0. The van der Waals surface area contributed by atoms with E-state index in [-0.39, 0.29) is 5.56 Å². The van der Waals surface area contributed by atoms with Crippen LogP contribution in [-0.2, 0) is 5.75 Å². The van der Waals surface area contributed by atoms with Crippen LogP contribution in [0.5, 0.6) is 0 Å². The highest BCUT2D eigenvalue weighted by atomic mass is 32.2. The third-order valence-corrected chi connectivity index (χ3v) is 3.31. The van der Waals surface area contributed by atoms with Gasteiger partial charge < -0.3 is 10.7 Å². The van der Waals surface area contributed by atoms with Gasteiger partial charge in [0.2, 0.25) is 0 Å². The summed E-state index contributed by atoms with van der Waals surface area (Å²) in [6.45, 7) is 5.99. The van der Waals surface area contributed by atoms with E-state index >= 15 is 0 Å². The number of nitrogens with one attached hydrogen (secondary N) is 1. The van der Waals surface area contributed by atoms with Gasteiger partial charge in [-0.3, -0.25) is 4.79 Å². The molecule has 0 radical (unpaired) electrons. The Bertz CT molecular complexity index is 387. The Morgan fingerprint density at radius 1 is 1.53 bits per heavy atom. The summed E-state index contributed by atoms with van der Waals surface area (Å²) in [4.78, 5) is 18.2. The predicted octanol–water partition coefficient (Wildman–Crippen LogP) is 1.55. The fourth-order valence-corrected chi connectivity index (χ4v) is 1.98. The average Bonchev–Trinajstić information content (AvgIpc) is 2.13. The van der Waals surface area contributed by atoms with Gasteiger partial charge in [0.05, 0.1) is 11.3 Å². The van der Waals surface area contributed by atoms with Gasteiger partial charge >= 0.3 is 0 Å². The van der Waals surface area contributed by atoms with Crippen molar-refractivity contribution in [1.29, 1.82) is 0 Å². The number of hydrogen-bond acceptors (Lipinski definition) is 4. The van der Waals surface area contributed by atoms with Crippen molar-refractivity contribution in [2.75, 3.05) is 11.5 Å². The van der Waals surface area contributed by atoms with Crippen molar-refractivity contribution in [1.82, 2.24) is 9.97 Å². The number of nitrogens with zero attached hydrogens (tertiary/aromatic N) is 1. The quantitative estimate of drug-likeness (QED) is 0.818. The molecule has 0 amide bonds. The minimum atomic E-state index is -0.136. The SMILES string of the molecule is Cc1c(N)nc(CSCC(C)C)[nH]c1=O. The molecule has 0 aliphatic heterocycles. The number of nitrogen functional groups attached to an aromatic ring is 1. The topological polar surface area (TPSA) is 71.8 Å². The molecule has 1 rings (SSSR count). The molecule has 0 spiro atoms. The molecule has 0 aromatic carbocycles. The largest absolute Gasteiger partial charge is 0.383 e. The van der Waals surface area contributed by atoms with Gasteiger partial charge in [-0.1, -0.05) is 13.8 Å². The van der Waals surface area contributed by atoms with Crippen molar-refractivity contribution in [2.45, 2.75) is 26.5 Å². The van der Waals surface area contributed by atoms with Crippen LogP contribution in [-0.4, -0.2) is 15.7 Å². The first-order valence-electron chi connectivity index (χ1n) is 4.93. The van der Waals surface area contributed by atoms with Crippen LogP contribution in [0.2, 0.25) is 0 Å². The second-order valence-corrected chi connectivity index (χ2v) is 4.96. The van der Waals surface area contributed by atoms with E-state index in [4.69, 9.17) is 5.73 Å². The van der Waals surface area contributed by atoms with E-state index in [0.29, 0.717) is 28.9 Å². The molecule has 5 heteroatoms. The zero-order valence-electron chi connectivity index (χ0n) is 9.33. The number of aromatic nitrogens is 2. The molecule has 84 valence electrons. The first kappa shape index (κ1) is 12.1. The number of aromatic amines is 1. The summed E-state index contributed by atoms with van der Waals surface area (Å²) in [5, 5.41) is 0. The predicted molar refractivity (Wildman–Crippen MR) is 65.0 cm³/mol. The first-order chi connectivity index (χ1) is 7.00. The van der Waals surface area contributed by atoms with E-state index in [1.54, 1.807) is 18.7 Å². The Kier molecular flexibility index (Phi) is 4.20. The van der Waals surface area contributed by atoms with Gasteiger partial charge in [0.25, 0.3) is 5.56 Å². The lowest BCUT2D eigenvalue weighted by Gasteiger charge is -2.05. The van der Waals surface area contributed by atoms with Gasteiger partial charge in [-0.05, 0) is 18.6 Å². The van der Waals surface area contributed by atoms with Crippen molar-refractivity contribution in [3.05, 3.63) is 21.7 Å². The van der Waals surface area contributed by atoms with E-state index in [2.05, 4.69) is 23.8 Å². The summed E-state index contributed by atoms with van der Waals surface area (Å²) >= 11 is 1.75. The standard InChI is InChI=1S/C10H17N3OS/c1-6(2)4-15-5-8-12-9(11)7(3)10(14)13-8/h6H,4-5H2,1-3H3,(H3,11,12,13,14). The zero-order valence-corrected chi connectivity index (χ0v) is 10.1. The molecule has 0 saturated carbocycles. The second kappa shape index (κ2) is 5.21. The molecule has 0 fully saturated rings. The molecule has 4 nitrogen and oxygen atoms in total. The molecule has 1 aromatic rings. The van der Waals surface area contributed by atoms with Crippen molar-refractivity contribution in [3.63, 3.8) is 0 Å². The molecule has 0 aliphatic rings. The van der Waals surface area contributed by atoms with Crippen molar-refractivity contribution < 1.29 is 0 Å². The molecule has 1 heterocycles. The van der Waals surface area contributed by atoms with Crippen LogP contribution in [0.3, 0.4) is 0 Å². The highest BCUT2D eigenvalue weighted by Crippen LogP contribution is 2.12. The van der Waals surface area contributed by atoms with Gasteiger partial charge in [0, 0.05) is 0 Å². The summed E-state index contributed by atoms with van der Waals surface area (Å²) in [5.41, 5.74) is 5.97. The maximum atomic E-state index is 11.4. The summed E-state index contributed by atoms with van der Waals surface area (Å²) in [6, 6.07) is 0. The molecule has 1 aromatic heterocycles. The fourth-order valence-electron chi connectivity index (χ4n) is 1.06. The van der Waals surface area contributed by atoms with Gasteiger partial charge in [-0.2, -0.15) is 11.8 Å². The number of nitrogens with two attached hydrogens (primary N) is 1. The van der Waals surface area contributed by atoms with Crippen LogP contribution in [0.1, 0.15) is 25.2 Å². The van der Waals surface area contributed by atoms with Crippen LogP contribution in [0, 0.1) is 12.8 Å². The number of H-pyrrole nitrogens is 1. The second-order valence-electron chi connectivity index (χ2n) is 3.93. The molecule has 0 aliphatic carbocycles. The normalized spacial score (nSPS) is 10.9. The van der Waals surface area contributed by atoms with Crippen LogP contribution in [0.25, 0.3) is 0 Å². The maximum absolute atomic E-state index is 11.4. The molecule has 3 N–H and O–H groups in total. The minimum absolute atomic E-state index is 0.136. The molecular formula is C10H17N3OS. The Balaban J connectivity index is 2.67. The smallest absolute Gasteiger partial charge is 0.255 e. The average molecular weight is 227 g/mol. The fraction of sp³-hybridized carbons (Fsp3) is 0.600. The Hall–Kier alpha value is -0.970. The van der Waals surface area contributed by atoms with Crippen LogP contribution in [0.15, 0.2) is 4.79 Å². The summed E-state index contributed by atoms with van der Waals surface area (Å²) in [6.07, 6.45) is 0. The number of hydrogen-bond donors (Lipinski definition) is 2. The van der Waals surface area contributed by atoms with E-state index in [1.165, 1.54) is 0 Å². The maximum Gasteiger partial charge on any atom is 0.255 e. The highest BCUT2D eigenvalue weighted by Gasteiger charge is 2.04. The Labute approximate surface area is 93.7 Å². The van der Waals surface area contributed by atoms with E-state index in [0.717, 1.165) is 5.75 Å². The van der Waals surface area contributed by atoms with Gasteiger partial charge in [-0.25, -0.2) is 4.98 Å². The Morgan fingerprint density at radius 3 is 2.73 bits per heavy atom. The molecule has 0 unspecified atom stereocenters. The number of anilines is 1. The van der Waals surface area contributed by atoms with Crippen molar-refractivity contribution in [2.24, 2.45) is 5.92 Å². The molecule has 15 heavy (non-hydrogen) atoms. The van der Waals surface area contributed by atoms with E-state index in [9.17, 15) is 4.79 Å². The number of rotatable bonds is 4. The van der Waals surface area contributed by atoms with Gasteiger partial charge in [-0.15, -0.1) is 0 Å². The number of thioether (sulfide) groups is 1. The van der Waals surface area contributed by atoms with Crippen LogP contribution >= 0.6 is 11.8 Å². The lowest BCUT2D eigenvalue weighted by molar-refractivity contribution is 0.749. The van der Waals surface area contributed by atoms with Gasteiger partial charge in [0.15, 0.2) is 0 Å². The van der Waals surface area contributed by atoms with Crippen molar-refractivity contribution >= 4 is 17.6 Å². The molecular weight excluding hydrogens is 210 g/mol. The highest BCUT2D eigenvalue weighted by molar-refractivity contribution is 7.98. The monoisotopic (exact) mass is 227 g/mol. The van der Waals surface area contributed by atoms with E-state index in [1.807, 2.05) is 0 Å². The zero-order chi connectivity index (χ0) is 11.4. The Morgan fingerprint density at radius 2 is 2.20 bits per heavy atom. The van der Waals surface area contributed by atoms with Crippen LogP contribution < -0.4 is 11.3 Å². The lowest BCUT2D eigenvalue weighted by atomic mass is 10.3. The third-order valence-electron chi connectivity index (χ3n) is 1.93. The molecule has 0 saturated heterocycles. The van der Waals surface area contributed by atoms with Crippen LogP contribution in [0.4, 0.5) is 5.82 Å². The van der Waals surface area contributed by atoms with E-state index < -0.39 is 0 Å². The minimum Gasteiger partial charge on any atom is -0.383 e. The third kappa shape index (κ3) is 3.58. The first-order valence-corrected chi connectivity index (χ1v) is 6.09. The van der Waals surface area contributed by atoms with Gasteiger partial charge in [0.1, 0.15) is 11.6 Å². The lowest BCUT2D eigenvalue weighted by Crippen LogP contribution is -2.16. The summed E-state index contributed by atoms with van der Waals surface area (Å²) in [5.74, 6) is 3.40. The summed E-state index contributed by atoms with van der Waals surface area (Å²) < 4.78 is 0. The molecule has 0 bridgehead atoms. The molecule has 0 atom stereocenters. The van der Waals surface area contributed by atoms with Crippen molar-refractivity contribution in [3.8, 4) is 0 Å².